The standard InChI is InChI=1S/C11H8Cl2N4O3/c1-5-3-6(2)8(4-7(5)17(18)19)20-10-9(12)15-16-11(13)14-10/h3-4H,1-2H3. The summed E-state index contributed by atoms with van der Waals surface area (Å²) < 4.78 is 5.43. The number of rotatable bonds is 3. The zero-order valence-corrected chi connectivity index (χ0v) is 11.9. The van der Waals surface area contributed by atoms with E-state index in [1.54, 1.807) is 19.9 Å². The lowest BCUT2D eigenvalue weighted by atomic mass is 10.1. The molecule has 0 spiro atoms. The van der Waals surface area contributed by atoms with Crippen molar-refractivity contribution in [2.75, 3.05) is 0 Å². The van der Waals surface area contributed by atoms with Crippen molar-refractivity contribution in [3.05, 3.63) is 43.8 Å². The van der Waals surface area contributed by atoms with Gasteiger partial charge in [0.1, 0.15) is 5.75 Å². The van der Waals surface area contributed by atoms with Crippen LogP contribution in [0.15, 0.2) is 12.1 Å². The van der Waals surface area contributed by atoms with Crippen LogP contribution < -0.4 is 4.74 Å². The lowest BCUT2D eigenvalue weighted by Crippen LogP contribution is -1.98. The molecule has 0 unspecified atom stereocenters. The second kappa shape index (κ2) is 5.56. The third-order valence-electron chi connectivity index (χ3n) is 2.49. The number of hydrogen-bond donors (Lipinski definition) is 0. The van der Waals surface area contributed by atoms with Crippen LogP contribution in [0.2, 0.25) is 10.4 Å². The lowest BCUT2D eigenvalue weighted by Gasteiger charge is -2.09. The molecule has 0 aliphatic carbocycles. The van der Waals surface area contributed by atoms with Crippen LogP contribution in [0.25, 0.3) is 0 Å². The Hall–Kier alpha value is -1.99. The minimum absolute atomic E-state index is 0.0603. The van der Waals surface area contributed by atoms with E-state index in [0.29, 0.717) is 11.1 Å². The number of nitrogens with zero attached hydrogens (tertiary/aromatic N) is 4. The van der Waals surface area contributed by atoms with E-state index in [1.807, 2.05) is 0 Å². The zero-order chi connectivity index (χ0) is 14.9. The number of hydrogen-bond acceptors (Lipinski definition) is 6. The van der Waals surface area contributed by atoms with Crippen molar-refractivity contribution in [1.29, 1.82) is 0 Å². The summed E-state index contributed by atoms with van der Waals surface area (Å²) in [4.78, 5) is 14.2. The molecular weight excluding hydrogens is 307 g/mol. The second-order valence-corrected chi connectivity index (χ2v) is 4.64. The van der Waals surface area contributed by atoms with Crippen LogP contribution >= 0.6 is 23.2 Å². The van der Waals surface area contributed by atoms with Crippen molar-refractivity contribution in [3.8, 4) is 11.6 Å². The van der Waals surface area contributed by atoms with Gasteiger partial charge in [0.25, 0.3) is 11.6 Å². The number of nitro groups is 1. The van der Waals surface area contributed by atoms with Crippen LogP contribution in [-0.2, 0) is 0 Å². The normalized spacial score (nSPS) is 10.4. The summed E-state index contributed by atoms with van der Waals surface area (Å²) in [5, 5.41) is 17.7. The van der Waals surface area contributed by atoms with Gasteiger partial charge in [-0.2, -0.15) is 4.98 Å². The van der Waals surface area contributed by atoms with E-state index in [1.165, 1.54) is 6.07 Å². The highest BCUT2D eigenvalue weighted by atomic mass is 35.5. The minimum Gasteiger partial charge on any atom is -0.436 e. The van der Waals surface area contributed by atoms with Crippen molar-refractivity contribution in [2.45, 2.75) is 13.8 Å². The fourth-order valence-electron chi connectivity index (χ4n) is 1.58. The molecule has 2 aromatic rings. The predicted molar refractivity (Wildman–Crippen MR) is 72.5 cm³/mol. The highest BCUT2D eigenvalue weighted by Crippen LogP contribution is 2.32. The molecule has 0 fully saturated rings. The molecule has 0 saturated heterocycles. The van der Waals surface area contributed by atoms with Crippen LogP contribution in [-0.4, -0.2) is 20.1 Å². The summed E-state index contributed by atoms with van der Waals surface area (Å²) in [6.45, 7) is 3.39. The van der Waals surface area contributed by atoms with Gasteiger partial charge in [-0.05, 0) is 37.1 Å². The van der Waals surface area contributed by atoms with Crippen molar-refractivity contribution in [2.24, 2.45) is 0 Å². The van der Waals surface area contributed by atoms with Gasteiger partial charge in [0.15, 0.2) is 0 Å². The number of nitro benzene ring substituents is 1. The number of halogens is 2. The molecule has 0 radical (unpaired) electrons. The molecule has 0 aliphatic rings. The minimum atomic E-state index is -0.492. The topological polar surface area (TPSA) is 91.0 Å². The van der Waals surface area contributed by atoms with Gasteiger partial charge in [-0.15, -0.1) is 10.2 Å². The molecule has 0 amide bonds. The van der Waals surface area contributed by atoms with Crippen LogP contribution in [0, 0.1) is 24.0 Å². The number of ether oxygens (including phenoxy) is 1. The van der Waals surface area contributed by atoms with Crippen LogP contribution in [0.5, 0.6) is 11.6 Å². The van der Waals surface area contributed by atoms with E-state index in [4.69, 9.17) is 27.9 Å². The highest BCUT2D eigenvalue weighted by Gasteiger charge is 2.17. The summed E-state index contributed by atoms with van der Waals surface area (Å²) in [5.74, 6) is 0.189. The van der Waals surface area contributed by atoms with Crippen LogP contribution in [0.4, 0.5) is 5.69 Å². The van der Waals surface area contributed by atoms with Crippen molar-refractivity contribution < 1.29 is 9.66 Å². The van der Waals surface area contributed by atoms with Crippen LogP contribution in [0.3, 0.4) is 0 Å². The number of benzene rings is 1. The van der Waals surface area contributed by atoms with Crippen molar-refractivity contribution in [3.63, 3.8) is 0 Å². The molecule has 0 atom stereocenters. The predicted octanol–water partition coefficient (Wildman–Crippen LogP) is 3.50. The van der Waals surface area contributed by atoms with Gasteiger partial charge in [0.2, 0.25) is 10.4 Å². The Kier molecular flexibility index (Phi) is 4.01. The fraction of sp³-hybridized carbons (Fsp3) is 0.182. The second-order valence-electron chi connectivity index (χ2n) is 3.94. The first-order valence-corrected chi connectivity index (χ1v) is 6.13. The molecule has 0 aliphatic heterocycles. The summed E-state index contributed by atoms with van der Waals surface area (Å²) in [5.41, 5.74) is 1.17. The van der Waals surface area contributed by atoms with E-state index in [-0.39, 0.29) is 27.8 Å². The fourth-order valence-corrected chi connectivity index (χ4v) is 1.81. The molecule has 1 heterocycles. The van der Waals surface area contributed by atoms with Gasteiger partial charge in [-0.1, -0.05) is 11.6 Å². The Bertz CT molecular complexity index is 694. The smallest absolute Gasteiger partial charge is 0.276 e. The van der Waals surface area contributed by atoms with Crippen molar-refractivity contribution in [1.82, 2.24) is 15.2 Å². The van der Waals surface area contributed by atoms with Gasteiger partial charge < -0.3 is 4.74 Å². The molecule has 1 aromatic heterocycles. The Morgan fingerprint density at radius 3 is 2.55 bits per heavy atom. The van der Waals surface area contributed by atoms with Gasteiger partial charge >= 0.3 is 0 Å². The Balaban J connectivity index is 2.45. The molecule has 9 heteroatoms. The summed E-state index contributed by atoms with van der Waals surface area (Å²) in [6.07, 6.45) is 0. The summed E-state index contributed by atoms with van der Waals surface area (Å²) >= 11 is 11.4. The quantitative estimate of drug-likeness (QED) is 0.636. The van der Waals surface area contributed by atoms with Gasteiger partial charge in [0.05, 0.1) is 11.0 Å². The molecule has 0 N–H and O–H groups in total. The first-order valence-electron chi connectivity index (χ1n) is 5.37. The number of aromatic nitrogens is 3. The SMILES string of the molecule is Cc1cc(C)c([N+](=O)[O-])cc1Oc1nc(Cl)nnc1Cl. The molecule has 0 saturated carbocycles. The molecule has 7 nitrogen and oxygen atoms in total. The molecule has 1 aromatic carbocycles. The Morgan fingerprint density at radius 2 is 1.90 bits per heavy atom. The maximum absolute atomic E-state index is 10.9. The zero-order valence-electron chi connectivity index (χ0n) is 10.4. The molecule has 2 rings (SSSR count). The average molecular weight is 315 g/mol. The average Bonchev–Trinajstić information content (AvgIpc) is 2.36. The van der Waals surface area contributed by atoms with Gasteiger partial charge in [-0.3, -0.25) is 10.1 Å². The Labute approximate surface area is 123 Å². The largest absolute Gasteiger partial charge is 0.436 e. The molecule has 0 bridgehead atoms. The van der Waals surface area contributed by atoms with E-state index >= 15 is 0 Å². The monoisotopic (exact) mass is 314 g/mol. The molecule has 20 heavy (non-hydrogen) atoms. The lowest BCUT2D eigenvalue weighted by molar-refractivity contribution is -0.385. The summed E-state index contributed by atoms with van der Waals surface area (Å²) in [6, 6.07) is 2.94. The summed E-state index contributed by atoms with van der Waals surface area (Å²) in [7, 11) is 0. The third kappa shape index (κ3) is 2.94. The van der Waals surface area contributed by atoms with Crippen LogP contribution in [0.1, 0.15) is 11.1 Å². The highest BCUT2D eigenvalue weighted by molar-refractivity contribution is 6.31. The van der Waals surface area contributed by atoms with E-state index in [9.17, 15) is 10.1 Å². The molecule has 104 valence electrons. The maximum Gasteiger partial charge on any atom is 0.276 e. The molecular formula is C11H8Cl2N4O3. The number of aryl methyl sites for hydroxylation is 2. The first-order chi connectivity index (χ1) is 9.38. The maximum atomic E-state index is 10.9. The van der Waals surface area contributed by atoms with Gasteiger partial charge in [-0.25, -0.2) is 0 Å². The van der Waals surface area contributed by atoms with E-state index < -0.39 is 4.92 Å². The van der Waals surface area contributed by atoms with E-state index in [2.05, 4.69) is 15.2 Å². The van der Waals surface area contributed by atoms with E-state index in [0.717, 1.165) is 0 Å². The first kappa shape index (κ1) is 14.4. The Morgan fingerprint density at radius 1 is 1.20 bits per heavy atom. The third-order valence-corrected chi connectivity index (χ3v) is 2.88. The van der Waals surface area contributed by atoms with Gasteiger partial charge in [0, 0.05) is 5.56 Å². The van der Waals surface area contributed by atoms with Crippen molar-refractivity contribution >= 4 is 28.9 Å².